The van der Waals surface area contributed by atoms with E-state index in [1.54, 1.807) is 17.1 Å². The van der Waals surface area contributed by atoms with Crippen LogP contribution in [0.5, 0.6) is 0 Å². The molecule has 2 aromatic rings. The number of carbonyl (C=O) groups is 1. The van der Waals surface area contributed by atoms with E-state index in [2.05, 4.69) is 15.1 Å². The topological polar surface area (TPSA) is 73.1 Å². The Bertz CT molecular complexity index is 758. The highest BCUT2D eigenvalue weighted by Crippen LogP contribution is 2.17. The van der Waals surface area contributed by atoms with Crippen molar-refractivity contribution >= 4 is 5.91 Å². The molecule has 1 atom stereocenters. The van der Waals surface area contributed by atoms with Crippen LogP contribution in [-0.4, -0.2) is 56.4 Å². The van der Waals surface area contributed by atoms with Gasteiger partial charge in [0.05, 0.1) is 36.3 Å². The van der Waals surface area contributed by atoms with Crippen LogP contribution in [-0.2, 0) is 29.4 Å². The first-order valence-electron chi connectivity index (χ1n) is 9.17. The third-order valence-corrected chi connectivity index (χ3v) is 4.97. The summed E-state index contributed by atoms with van der Waals surface area (Å²) in [5.41, 5.74) is 4.09. The quantitative estimate of drug-likeness (QED) is 0.785. The molecule has 3 heterocycles. The summed E-state index contributed by atoms with van der Waals surface area (Å²) in [5, 5.41) is 4.35. The zero-order valence-corrected chi connectivity index (χ0v) is 15.8. The molecule has 26 heavy (non-hydrogen) atoms. The Kier molecular flexibility index (Phi) is 5.98. The summed E-state index contributed by atoms with van der Waals surface area (Å²) in [6.45, 7) is 5.82. The van der Waals surface area contributed by atoms with Crippen molar-refractivity contribution in [3.05, 3.63) is 41.2 Å². The van der Waals surface area contributed by atoms with Crippen LogP contribution in [0.15, 0.2) is 18.6 Å². The molecule has 0 N–H and O–H groups in total. The van der Waals surface area contributed by atoms with Gasteiger partial charge in [0.1, 0.15) is 0 Å². The van der Waals surface area contributed by atoms with Crippen molar-refractivity contribution in [2.24, 2.45) is 7.05 Å². The molecule has 0 aliphatic carbocycles. The molecule has 3 rings (SSSR count). The van der Waals surface area contributed by atoms with E-state index in [4.69, 9.17) is 4.74 Å². The lowest BCUT2D eigenvalue weighted by Crippen LogP contribution is -2.49. The summed E-state index contributed by atoms with van der Waals surface area (Å²) in [5.74, 6) is 0.192. The van der Waals surface area contributed by atoms with E-state index in [9.17, 15) is 4.79 Å². The lowest BCUT2D eigenvalue weighted by molar-refractivity contribution is -0.140. The van der Waals surface area contributed by atoms with E-state index >= 15 is 0 Å². The van der Waals surface area contributed by atoms with Crippen LogP contribution in [0.3, 0.4) is 0 Å². The summed E-state index contributed by atoms with van der Waals surface area (Å²) in [7, 11) is 1.91. The first kappa shape index (κ1) is 18.5. The molecule has 0 radical (unpaired) electrons. The number of ether oxygens (including phenoxy) is 1. The Morgan fingerprint density at radius 3 is 2.77 bits per heavy atom. The average Bonchev–Trinajstić information content (AvgIpc) is 2.96. The molecule has 0 unspecified atom stereocenters. The largest absolute Gasteiger partial charge is 0.377 e. The SMILES string of the molecule is Cc1nn(C)cc1CCC(=O)N1CCOC[C@H]1CCc1nccnc1C. The molecular weight excluding hydrogens is 330 g/mol. The highest BCUT2D eigenvalue weighted by molar-refractivity contribution is 5.77. The number of aromatic nitrogens is 4. The third-order valence-electron chi connectivity index (χ3n) is 4.97. The van der Waals surface area contributed by atoms with E-state index in [1.807, 2.05) is 32.0 Å². The summed E-state index contributed by atoms with van der Waals surface area (Å²) < 4.78 is 7.42. The molecule has 1 aliphatic heterocycles. The van der Waals surface area contributed by atoms with Gasteiger partial charge in [-0.05, 0) is 38.7 Å². The lowest BCUT2D eigenvalue weighted by Gasteiger charge is -2.36. The Balaban J connectivity index is 1.58. The molecule has 7 heteroatoms. The first-order valence-corrected chi connectivity index (χ1v) is 9.17. The molecule has 7 nitrogen and oxygen atoms in total. The van der Waals surface area contributed by atoms with Crippen molar-refractivity contribution in [3.63, 3.8) is 0 Å². The average molecular weight is 357 g/mol. The maximum Gasteiger partial charge on any atom is 0.223 e. The van der Waals surface area contributed by atoms with Gasteiger partial charge in [0, 0.05) is 38.6 Å². The molecule has 2 aromatic heterocycles. The fourth-order valence-electron chi connectivity index (χ4n) is 3.49. The molecule has 0 bridgehead atoms. The summed E-state index contributed by atoms with van der Waals surface area (Å²) in [4.78, 5) is 23.5. The molecule has 0 aromatic carbocycles. The van der Waals surface area contributed by atoms with Gasteiger partial charge in [-0.3, -0.25) is 19.4 Å². The highest BCUT2D eigenvalue weighted by atomic mass is 16.5. The van der Waals surface area contributed by atoms with Crippen LogP contribution < -0.4 is 0 Å². The van der Waals surface area contributed by atoms with Crippen molar-refractivity contribution in [1.82, 2.24) is 24.6 Å². The van der Waals surface area contributed by atoms with E-state index in [1.165, 1.54) is 0 Å². The van der Waals surface area contributed by atoms with Gasteiger partial charge in [0.2, 0.25) is 5.91 Å². The van der Waals surface area contributed by atoms with Gasteiger partial charge >= 0.3 is 0 Å². The Morgan fingerprint density at radius 1 is 1.23 bits per heavy atom. The van der Waals surface area contributed by atoms with E-state index in [-0.39, 0.29) is 11.9 Å². The zero-order valence-electron chi connectivity index (χ0n) is 15.8. The monoisotopic (exact) mass is 357 g/mol. The minimum Gasteiger partial charge on any atom is -0.377 e. The Morgan fingerprint density at radius 2 is 2.04 bits per heavy atom. The van der Waals surface area contributed by atoms with Crippen LogP contribution in [0.2, 0.25) is 0 Å². The summed E-state index contributed by atoms with van der Waals surface area (Å²) in [6, 6.07) is 0.104. The van der Waals surface area contributed by atoms with Crippen LogP contribution >= 0.6 is 0 Å². The second kappa shape index (κ2) is 8.40. The minimum absolute atomic E-state index is 0.104. The number of rotatable bonds is 6. The molecule has 1 aliphatic rings. The number of hydrogen-bond donors (Lipinski definition) is 0. The molecule has 140 valence electrons. The standard InChI is InChI=1S/C19H27N5O2/c1-14-16(12-23(3)22-14)4-7-19(25)24-10-11-26-13-17(24)5-6-18-15(2)20-8-9-21-18/h8-9,12,17H,4-7,10-11,13H2,1-3H3/t17-/m1/s1. The second-order valence-corrected chi connectivity index (χ2v) is 6.86. The van der Waals surface area contributed by atoms with Gasteiger partial charge < -0.3 is 9.64 Å². The lowest BCUT2D eigenvalue weighted by atomic mass is 10.0. The number of morpholine rings is 1. The summed E-state index contributed by atoms with van der Waals surface area (Å²) >= 11 is 0. The van der Waals surface area contributed by atoms with Crippen molar-refractivity contribution in [1.29, 1.82) is 0 Å². The van der Waals surface area contributed by atoms with Gasteiger partial charge in [-0.25, -0.2) is 0 Å². The Hall–Kier alpha value is -2.28. The van der Waals surface area contributed by atoms with E-state index in [0.717, 1.165) is 41.9 Å². The maximum absolute atomic E-state index is 12.8. The Labute approximate surface area is 154 Å². The molecule has 1 amide bonds. The minimum atomic E-state index is 0.104. The first-order chi connectivity index (χ1) is 12.5. The maximum atomic E-state index is 12.8. The van der Waals surface area contributed by atoms with E-state index < -0.39 is 0 Å². The molecule has 0 saturated carbocycles. The van der Waals surface area contributed by atoms with Crippen LogP contribution in [0.25, 0.3) is 0 Å². The normalized spacial score (nSPS) is 17.5. The van der Waals surface area contributed by atoms with Crippen LogP contribution in [0, 0.1) is 13.8 Å². The van der Waals surface area contributed by atoms with Crippen LogP contribution in [0.4, 0.5) is 0 Å². The zero-order chi connectivity index (χ0) is 18.5. The fraction of sp³-hybridized carbons (Fsp3) is 0.579. The van der Waals surface area contributed by atoms with Crippen molar-refractivity contribution in [2.75, 3.05) is 19.8 Å². The van der Waals surface area contributed by atoms with Gasteiger partial charge in [-0.2, -0.15) is 5.10 Å². The predicted octanol–water partition coefficient (Wildman–Crippen LogP) is 1.62. The molecular formula is C19H27N5O2. The third kappa shape index (κ3) is 4.46. The number of carbonyl (C=O) groups excluding carboxylic acids is 1. The predicted molar refractivity (Wildman–Crippen MR) is 97.7 cm³/mol. The number of nitrogens with zero attached hydrogens (tertiary/aromatic N) is 5. The highest BCUT2D eigenvalue weighted by Gasteiger charge is 2.27. The van der Waals surface area contributed by atoms with Gasteiger partial charge in [-0.1, -0.05) is 0 Å². The van der Waals surface area contributed by atoms with Gasteiger partial charge in [0.25, 0.3) is 0 Å². The van der Waals surface area contributed by atoms with Crippen molar-refractivity contribution in [2.45, 2.75) is 45.6 Å². The van der Waals surface area contributed by atoms with Crippen LogP contribution in [0.1, 0.15) is 35.5 Å². The molecule has 1 saturated heterocycles. The van der Waals surface area contributed by atoms with Gasteiger partial charge in [0.15, 0.2) is 0 Å². The van der Waals surface area contributed by atoms with Crippen molar-refractivity contribution in [3.8, 4) is 0 Å². The number of amides is 1. The smallest absolute Gasteiger partial charge is 0.223 e. The molecule has 0 spiro atoms. The van der Waals surface area contributed by atoms with E-state index in [0.29, 0.717) is 26.2 Å². The number of hydrogen-bond acceptors (Lipinski definition) is 5. The van der Waals surface area contributed by atoms with Crippen molar-refractivity contribution < 1.29 is 9.53 Å². The number of aryl methyl sites for hydroxylation is 5. The molecule has 1 fully saturated rings. The second-order valence-electron chi connectivity index (χ2n) is 6.86. The van der Waals surface area contributed by atoms with Gasteiger partial charge in [-0.15, -0.1) is 0 Å². The fourth-order valence-corrected chi connectivity index (χ4v) is 3.49. The summed E-state index contributed by atoms with van der Waals surface area (Å²) in [6.07, 6.45) is 8.31.